The maximum Gasteiger partial charge on any atom is 0.280 e. The molecule has 3 heterocycles. The van der Waals surface area contributed by atoms with Crippen LogP contribution in [0, 0.1) is 0 Å². The summed E-state index contributed by atoms with van der Waals surface area (Å²) in [5.74, 6) is -1.08. The fourth-order valence-electron chi connectivity index (χ4n) is 4.70. The molecule has 2 aliphatic heterocycles. The number of aliphatic imine (C=N–C) groups is 1. The van der Waals surface area contributed by atoms with E-state index in [2.05, 4.69) is 41.3 Å². The lowest BCUT2D eigenvalue weighted by Crippen LogP contribution is -2.40. The Morgan fingerprint density at radius 2 is 1.55 bits per heavy atom. The van der Waals surface area contributed by atoms with Gasteiger partial charge in [-0.15, -0.1) is 5.12 Å². The number of ether oxygens (including phenoxy) is 3. The van der Waals surface area contributed by atoms with E-state index >= 15 is 0 Å². The number of likely N-dealkylation sites (tertiary alicyclic amines) is 1. The molecule has 0 unspecified atom stereocenters. The second-order valence-electron chi connectivity index (χ2n) is 10.6. The second kappa shape index (κ2) is 18.8. The number of nitrogens with two attached hydrogens (primary N) is 3. The molecule has 1 saturated heterocycles. The topological polar surface area (TPSA) is 233 Å². The number of nitrogen functional groups attached to an aromatic ring is 2. The standard InChI is InChI=1S/C29H43ClN12O5/c30-24-26(32)39-25(31)23(38-24)28(44)40-29(33)37-22-5-10-41(11-6-22)19-20-1-3-21(4-2-20)27(43)34-9-13-45-15-17-47-18-16-46-14-12-42-35-7-8-36-42/h1-4,7-8,22,35-36H,5-6,9-19H2,(H,34,43)(H4,31,32,39)(H3,33,37,40,44). The van der Waals surface area contributed by atoms with Crippen molar-refractivity contribution in [3.05, 3.63) is 58.6 Å². The van der Waals surface area contributed by atoms with Gasteiger partial charge in [0.1, 0.15) is 0 Å². The monoisotopic (exact) mass is 674 g/mol. The van der Waals surface area contributed by atoms with Crippen molar-refractivity contribution >= 4 is 41.0 Å². The van der Waals surface area contributed by atoms with Crippen molar-refractivity contribution in [1.29, 1.82) is 0 Å². The molecule has 2 aliphatic rings. The Labute approximate surface area is 278 Å². The summed E-state index contributed by atoms with van der Waals surface area (Å²) in [7, 11) is 0. The van der Waals surface area contributed by atoms with Crippen LogP contribution in [0.15, 0.2) is 41.7 Å². The van der Waals surface area contributed by atoms with Crippen molar-refractivity contribution in [2.24, 2.45) is 10.7 Å². The van der Waals surface area contributed by atoms with Gasteiger partial charge in [-0.05, 0) is 30.5 Å². The molecule has 0 saturated carbocycles. The van der Waals surface area contributed by atoms with Gasteiger partial charge < -0.3 is 47.6 Å². The van der Waals surface area contributed by atoms with Gasteiger partial charge in [-0.1, -0.05) is 23.7 Å². The van der Waals surface area contributed by atoms with E-state index in [1.54, 1.807) is 12.4 Å². The first kappa shape index (κ1) is 35.6. The first-order valence-electron chi connectivity index (χ1n) is 15.3. The normalized spacial score (nSPS) is 15.7. The molecule has 0 atom stereocenters. The van der Waals surface area contributed by atoms with Crippen molar-refractivity contribution in [3.63, 3.8) is 0 Å². The number of guanidine groups is 1. The molecule has 17 nitrogen and oxygen atoms in total. The largest absolute Gasteiger partial charge is 0.382 e. The van der Waals surface area contributed by atoms with Gasteiger partial charge in [-0.2, -0.15) is 0 Å². The number of rotatable bonds is 17. The summed E-state index contributed by atoms with van der Waals surface area (Å²) >= 11 is 5.85. The molecule has 18 heteroatoms. The van der Waals surface area contributed by atoms with Gasteiger partial charge in [0.05, 0.1) is 52.2 Å². The highest BCUT2D eigenvalue weighted by Gasteiger charge is 2.21. The van der Waals surface area contributed by atoms with Crippen molar-refractivity contribution in [3.8, 4) is 0 Å². The minimum Gasteiger partial charge on any atom is -0.382 e. The van der Waals surface area contributed by atoms with Gasteiger partial charge in [0.25, 0.3) is 11.8 Å². The molecule has 0 radical (unpaired) electrons. The number of piperidine rings is 1. The Kier molecular flexibility index (Phi) is 14.2. The maximum absolute atomic E-state index is 12.5. The minimum atomic E-state index is -0.668. The average Bonchev–Trinajstić information content (AvgIpc) is 3.58. The van der Waals surface area contributed by atoms with Crippen LogP contribution in [-0.4, -0.2) is 110 Å². The van der Waals surface area contributed by atoms with Gasteiger partial charge in [0, 0.05) is 44.1 Å². The van der Waals surface area contributed by atoms with Crippen molar-refractivity contribution < 1.29 is 23.8 Å². The Hall–Kier alpha value is -4.26. The third-order valence-corrected chi connectivity index (χ3v) is 7.42. The smallest absolute Gasteiger partial charge is 0.280 e. The van der Waals surface area contributed by atoms with Crippen LogP contribution < -0.4 is 38.7 Å². The number of hydrazine groups is 2. The number of hydrogen-bond donors (Lipinski definition) is 7. The van der Waals surface area contributed by atoms with Gasteiger partial charge in [0.2, 0.25) is 0 Å². The molecule has 0 aliphatic carbocycles. The van der Waals surface area contributed by atoms with E-state index in [1.807, 2.05) is 29.4 Å². The molecule has 0 spiro atoms. The molecular formula is C29H43ClN12O5. The molecule has 4 rings (SSSR count). The third kappa shape index (κ3) is 12.1. The first-order valence-corrected chi connectivity index (χ1v) is 15.7. The highest BCUT2D eigenvalue weighted by molar-refractivity contribution is 6.31. The SMILES string of the molecule is NC(=NC1CCN(Cc2ccc(C(=O)NCCOCCOCCOCCN3NC=CN3)cc2)CC1)NC(=O)c1nc(Cl)c(N)nc1N. The number of halogens is 1. The summed E-state index contributed by atoms with van der Waals surface area (Å²) in [5.41, 5.74) is 24.7. The van der Waals surface area contributed by atoms with Crippen LogP contribution in [-0.2, 0) is 20.8 Å². The molecule has 2 aromatic rings. The van der Waals surface area contributed by atoms with E-state index in [0.29, 0.717) is 58.3 Å². The first-order chi connectivity index (χ1) is 22.8. The highest BCUT2D eigenvalue weighted by Crippen LogP contribution is 2.18. The molecule has 47 heavy (non-hydrogen) atoms. The van der Waals surface area contributed by atoms with Gasteiger partial charge in [-0.3, -0.25) is 19.8 Å². The lowest BCUT2D eigenvalue weighted by atomic mass is 10.0. The van der Waals surface area contributed by atoms with Crippen LogP contribution in [0.25, 0.3) is 0 Å². The molecule has 0 bridgehead atoms. The summed E-state index contributed by atoms with van der Waals surface area (Å²) in [6.07, 6.45) is 5.15. The number of nitrogens with one attached hydrogen (secondary N) is 4. The number of nitrogens with zero attached hydrogens (tertiary/aromatic N) is 5. The maximum atomic E-state index is 12.5. The zero-order valence-corrected chi connectivity index (χ0v) is 26.9. The molecule has 256 valence electrons. The molecule has 1 aromatic heterocycles. The van der Waals surface area contributed by atoms with E-state index in [0.717, 1.165) is 38.0 Å². The lowest BCUT2D eigenvalue weighted by molar-refractivity contribution is 0.00761. The van der Waals surface area contributed by atoms with Crippen molar-refractivity contribution in [2.75, 3.05) is 77.3 Å². The predicted molar refractivity (Wildman–Crippen MR) is 177 cm³/mol. The quantitative estimate of drug-likeness (QED) is 0.0642. The fourth-order valence-corrected chi connectivity index (χ4v) is 4.82. The third-order valence-electron chi connectivity index (χ3n) is 7.14. The number of benzene rings is 1. The Morgan fingerprint density at radius 1 is 0.915 bits per heavy atom. The highest BCUT2D eigenvalue weighted by atomic mass is 35.5. The lowest BCUT2D eigenvalue weighted by Gasteiger charge is -2.30. The molecular weight excluding hydrogens is 632 g/mol. The van der Waals surface area contributed by atoms with Crippen LogP contribution in [0.3, 0.4) is 0 Å². The molecule has 2 amide bonds. The fraction of sp³-hybridized carbons (Fsp3) is 0.483. The van der Waals surface area contributed by atoms with Crippen LogP contribution in [0.5, 0.6) is 0 Å². The van der Waals surface area contributed by atoms with Crippen LogP contribution in [0.2, 0.25) is 5.15 Å². The molecule has 1 fully saturated rings. The number of aromatic nitrogens is 2. The summed E-state index contributed by atoms with van der Waals surface area (Å²) < 4.78 is 16.5. The predicted octanol–water partition coefficient (Wildman–Crippen LogP) is -0.421. The van der Waals surface area contributed by atoms with Crippen LogP contribution in [0.1, 0.15) is 39.3 Å². The van der Waals surface area contributed by atoms with Crippen LogP contribution >= 0.6 is 11.6 Å². The summed E-state index contributed by atoms with van der Waals surface area (Å²) in [6.45, 7) is 6.35. The van der Waals surface area contributed by atoms with Gasteiger partial charge in [0.15, 0.2) is 28.4 Å². The van der Waals surface area contributed by atoms with Gasteiger partial charge in [-0.25, -0.2) is 15.0 Å². The number of carbonyl (C=O) groups excluding carboxylic acids is 2. The van der Waals surface area contributed by atoms with Crippen LogP contribution in [0.4, 0.5) is 11.6 Å². The number of hydrogen-bond acceptors (Lipinski definition) is 14. The molecule has 10 N–H and O–H groups in total. The summed E-state index contributed by atoms with van der Waals surface area (Å²) in [6, 6.07) is 7.51. The van der Waals surface area contributed by atoms with E-state index in [4.69, 9.17) is 43.0 Å². The van der Waals surface area contributed by atoms with E-state index in [-0.39, 0.29) is 40.4 Å². The number of anilines is 2. The second-order valence-corrected chi connectivity index (χ2v) is 11.0. The Balaban J connectivity index is 1.04. The van der Waals surface area contributed by atoms with E-state index in [1.165, 1.54) is 0 Å². The Morgan fingerprint density at radius 3 is 2.23 bits per heavy atom. The average molecular weight is 675 g/mol. The van der Waals surface area contributed by atoms with Gasteiger partial charge >= 0.3 is 0 Å². The zero-order valence-electron chi connectivity index (χ0n) is 26.1. The zero-order chi connectivity index (χ0) is 33.4. The molecule has 1 aromatic carbocycles. The van der Waals surface area contributed by atoms with Crippen molar-refractivity contribution in [1.82, 2.24) is 41.5 Å². The summed E-state index contributed by atoms with van der Waals surface area (Å²) in [5, 5.41) is 7.04. The van der Waals surface area contributed by atoms with E-state index < -0.39 is 5.91 Å². The Bertz CT molecular complexity index is 1360. The van der Waals surface area contributed by atoms with Crippen molar-refractivity contribution in [2.45, 2.75) is 25.4 Å². The summed E-state index contributed by atoms with van der Waals surface area (Å²) in [4.78, 5) is 39.4. The minimum absolute atomic E-state index is 0.0351. The number of carbonyl (C=O) groups is 2. The van der Waals surface area contributed by atoms with E-state index in [9.17, 15) is 9.59 Å². The number of amides is 2.